The molecule has 2 nitrogen and oxygen atoms in total. The van der Waals surface area contributed by atoms with Gasteiger partial charge in [0.2, 0.25) is 0 Å². The molecule has 0 fully saturated rings. The van der Waals surface area contributed by atoms with Gasteiger partial charge in [0, 0.05) is 30.9 Å². The summed E-state index contributed by atoms with van der Waals surface area (Å²) < 4.78 is 26.7. The summed E-state index contributed by atoms with van der Waals surface area (Å²) in [7, 11) is 1.91. The van der Waals surface area contributed by atoms with Crippen LogP contribution in [0, 0.1) is 25.5 Å². The highest BCUT2D eigenvalue weighted by molar-refractivity contribution is 5.50. The minimum atomic E-state index is -0.601. The van der Waals surface area contributed by atoms with Crippen molar-refractivity contribution in [3.63, 3.8) is 0 Å². The van der Waals surface area contributed by atoms with Crippen LogP contribution in [0.1, 0.15) is 22.7 Å². The Balaban J connectivity index is 2.16. The van der Waals surface area contributed by atoms with Gasteiger partial charge in [-0.1, -0.05) is 12.1 Å². The van der Waals surface area contributed by atoms with Crippen molar-refractivity contribution >= 4 is 5.69 Å². The van der Waals surface area contributed by atoms with Gasteiger partial charge in [0.05, 0.1) is 6.04 Å². The smallest absolute Gasteiger partial charge is 0.130 e. The molecule has 0 amide bonds. The second-order valence-electron chi connectivity index (χ2n) is 5.50. The van der Waals surface area contributed by atoms with E-state index in [0.717, 1.165) is 11.8 Å². The van der Waals surface area contributed by atoms with Crippen LogP contribution in [-0.2, 0) is 0 Å². The fourth-order valence-electron chi connectivity index (χ4n) is 2.47. The third-order valence-electron chi connectivity index (χ3n) is 3.48. The van der Waals surface area contributed by atoms with Gasteiger partial charge in [0.15, 0.2) is 0 Å². The lowest BCUT2D eigenvalue weighted by atomic mass is 10.1. The minimum absolute atomic E-state index is 0.327. The molecule has 0 saturated heterocycles. The Morgan fingerprint density at radius 2 is 1.67 bits per heavy atom. The molecule has 0 aliphatic rings. The molecule has 21 heavy (non-hydrogen) atoms. The molecule has 0 saturated carbocycles. The average molecular weight is 290 g/mol. The number of rotatable bonds is 4. The number of hydrogen-bond acceptors (Lipinski definition) is 2. The van der Waals surface area contributed by atoms with Crippen LogP contribution in [0.2, 0.25) is 0 Å². The van der Waals surface area contributed by atoms with E-state index in [0.29, 0.717) is 12.1 Å². The molecule has 0 aliphatic heterocycles. The first-order valence-electron chi connectivity index (χ1n) is 6.87. The highest BCUT2D eigenvalue weighted by Gasteiger charge is 2.15. The van der Waals surface area contributed by atoms with Gasteiger partial charge in [-0.2, -0.15) is 0 Å². The fourth-order valence-corrected chi connectivity index (χ4v) is 2.47. The number of anilines is 1. The fraction of sp³-hybridized carbons (Fsp3) is 0.294. The van der Waals surface area contributed by atoms with Crippen LogP contribution >= 0.6 is 0 Å². The van der Waals surface area contributed by atoms with Crippen LogP contribution in [0.3, 0.4) is 0 Å². The first-order chi connectivity index (χ1) is 9.86. The predicted octanol–water partition coefficient (Wildman–Crippen LogP) is 3.72. The summed E-state index contributed by atoms with van der Waals surface area (Å²) in [5.41, 5.74) is 9.75. The number of nitrogens with two attached hydrogens (primary N) is 1. The van der Waals surface area contributed by atoms with E-state index in [9.17, 15) is 8.78 Å². The predicted molar refractivity (Wildman–Crippen MR) is 82.5 cm³/mol. The molecule has 0 aliphatic carbocycles. The standard InChI is InChI=1S/C17H20F2N2/c1-11-6-12(2)8-14(7-11)21(3)10-17(20)15-5-4-13(18)9-16(15)19/h4-9,17H,10,20H2,1-3H3. The quantitative estimate of drug-likeness (QED) is 0.930. The van der Waals surface area contributed by atoms with Crippen molar-refractivity contribution in [1.29, 1.82) is 0 Å². The van der Waals surface area contributed by atoms with E-state index >= 15 is 0 Å². The second-order valence-corrected chi connectivity index (χ2v) is 5.50. The Labute approximate surface area is 124 Å². The van der Waals surface area contributed by atoms with E-state index in [4.69, 9.17) is 5.73 Å². The van der Waals surface area contributed by atoms with Gasteiger partial charge in [-0.25, -0.2) is 8.78 Å². The molecule has 2 N–H and O–H groups in total. The zero-order valence-corrected chi connectivity index (χ0v) is 12.5. The average Bonchev–Trinajstić information content (AvgIpc) is 2.37. The maximum absolute atomic E-state index is 13.7. The Hall–Kier alpha value is -1.94. The number of halogens is 2. The van der Waals surface area contributed by atoms with Gasteiger partial charge >= 0.3 is 0 Å². The molecule has 2 aromatic carbocycles. The topological polar surface area (TPSA) is 29.3 Å². The molecule has 1 atom stereocenters. The molecule has 4 heteroatoms. The number of likely N-dealkylation sites (N-methyl/N-ethyl adjacent to an activating group) is 1. The normalized spacial score (nSPS) is 12.3. The van der Waals surface area contributed by atoms with E-state index in [2.05, 4.69) is 18.2 Å². The molecule has 1 unspecified atom stereocenters. The summed E-state index contributed by atoms with van der Waals surface area (Å²) in [5, 5.41) is 0. The van der Waals surface area contributed by atoms with Gasteiger partial charge in [-0.15, -0.1) is 0 Å². The summed E-state index contributed by atoms with van der Waals surface area (Å²) in [4.78, 5) is 1.98. The van der Waals surface area contributed by atoms with E-state index in [1.54, 1.807) is 0 Å². The van der Waals surface area contributed by atoms with Crippen molar-refractivity contribution in [3.8, 4) is 0 Å². The molecule has 112 valence electrons. The molecule has 0 spiro atoms. The Morgan fingerprint density at radius 3 is 2.24 bits per heavy atom. The highest BCUT2D eigenvalue weighted by Crippen LogP contribution is 2.22. The summed E-state index contributed by atoms with van der Waals surface area (Å²) >= 11 is 0. The summed E-state index contributed by atoms with van der Waals surface area (Å²) in [6.45, 7) is 4.51. The van der Waals surface area contributed by atoms with Crippen LogP contribution < -0.4 is 10.6 Å². The first kappa shape index (κ1) is 15.4. The number of hydrogen-bond donors (Lipinski definition) is 1. The molecular weight excluding hydrogens is 270 g/mol. The number of benzene rings is 2. The van der Waals surface area contributed by atoms with Crippen LogP contribution in [0.15, 0.2) is 36.4 Å². The van der Waals surface area contributed by atoms with Crippen molar-refractivity contribution in [1.82, 2.24) is 0 Å². The molecule has 0 heterocycles. The zero-order valence-electron chi connectivity index (χ0n) is 12.5. The summed E-state index contributed by atoms with van der Waals surface area (Å²) in [5.74, 6) is -1.19. The lowest BCUT2D eigenvalue weighted by molar-refractivity contribution is 0.554. The van der Waals surface area contributed by atoms with Gasteiger partial charge in [-0.3, -0.25) is 0 Å². The third-order valence-corrected chi connectivity index (χ3v) is 3.48. The van der Waals surface area contributed by atoms with Crippen molar-refractivity contribution in [2.75, 3.05) is 18.5 Å². The highest BCUT2D eigenvalue weighted by atomic mass is 19.1. The number of nitrogens with zero attached hydrogens (tertiary/aromatic N) is 1. The molecule has 2 aromatic rings. The van der Waals surface area contributed by atoms with E-state index in [-0.39, 0.29) is 0 Å². The van der Waals surface area contributed by atoms with Crippen LogP contribution in [0.25, 0.3) is 0 Å². The minimum Gasteiger partial charge on any atom is -0.373 e. The lowest BCUT2D eigenvalue weighted by Gasteiger charge is -2.24. The number of aryl methyl sites for hydroxylation is 2. The van der Waals surface area contributed by atoms with Gasteiger partial charge in [-0.05, 0) is 43.2 Å². The summed E-state index contributed by atoms with van der Waals surface area (Å²) in [6, 6.07) is 9.20. The molecule has 0 radical (unpaired) electrons. The van der Waals surface area contributed by atoms with Crippen molar-refractivity contribution in [3.05, 3.63) is 64.7 Å². The molecular formula is C17H20F2N2. The molecule has 2 rings (SSSR count). The maximum Gasteiger partial charge on any atom is 0.130 e. The monoisotopic (exact) mass is 290 g/mol. The van der Waals surface area contributed by atoms with Crippen LogP contribution in [-0.4, -0.2) is 13.6 Å². The second kappa shape index (κ2) is 6.22. The SMILES string of the molecule is Cc1cc(C)cc(N(C)CC(N)c2ccc(F)cc2F)c1. The Morgan fingerprint density at radius 1 is 1.05 bits per heavy atom. The third kappa shape index (κ3) is 3.79. The Bertz CT molecular complexity index is 620. The molecule has 0 aromatic heterocycles. The first-order valence-corrected chi connectivity index (χ1v) is 6.87. The van der Waals surface area contributed by atoms with Gasteiger partial charge < -0.3 is 10.6 Å². The van der Waals surface area contributed by atoms with E-state index in [1.165, 1.54) is 23.3 Å². The lowest BCUT2D eigenvalue weighted by Crippen LogP contribution is -2.29. The molecule has 0 bridgehead atoms. The van der Waals surface area contributed by atoms with Crippen molar-refractivity contribution in [2.45, 2.75) is 19.9 Å². The Kier molecular flexibility index (Phi) is 4.58. The summed E-state index contributed by atoms with van der Waals surface area (Å²) in [6.07, 6.45) is 0. The van der Waals surface area contributed by atoms with E-state index in [1.807, 2.05) is 25.8 Å². The van der Waals surface area contributed by atoms with Crippen molar-refractivity contribution < 1.29 is 8.78 Å². The zero-order chi connectivity index (χ0) is 15.6. The van der Waals surface area contributed by atoms with Crippen molar-refractivity contribution in [2.24, 2.45) is 5.73 Å². The van der Waals surface area contributed by atoms with Crippen LogP contribution in [0.5, 0.6) is 0 Å². The maximum atomic E-state index is 13.7. The van der Waals surface area contributed by atoms with Gasteiger partial charge in [0.1, 0.15) is 11.6 Å². The van der Waals surface area contributed by atoms with E-state index < -0.39 is 17.7 Å². The van der Waals surface area contributed by atoms with Crippen LogP contribution in [0.4, 0.5) is 14.5 Å². The largest absolute Gasteiger partial charge is 0.373 e. The van der Waals surface area contributed by atoms with Gasteiger partial charge in [0.25, 0.3) is 0 Å².